The van der Waals surface area contributed by atoms with E-state index in [4.69, 9.17) is 14.7 Å². The van der Waals surface area contributed by atoms with Gasteiger partial charge in [-0.2, -0.15) is 5.26 Å². The molecule has 1 aromatic carbocycles. The Morgan fingerprint density at radius 2 is 2.24 bits per heavy atom. The van der Waals surface area contributed by atoms with E-state index in [0.29, 0.717) is 24.5 Å². The lowest BCUT2D eigenvalue weighted by molar-refractivity contribution is 0.124. The van der Waals surface area contributed by atoms with Gasteiger partial charge in [0.1, 0.15) is 11.8 Å². The summed E-state index contributed by atoms with van der Waals surface area (Å²) in [5.74, 6) is 0.596. The van der Waals surface area contributed by atoms with Gasteiger partial charge in [0.2, 0.25) is 0 Å². The number of methoxy groups -OCH3 is 1. The molecule has 1 aromatic rings. The van der Waals surface area contributed by atoms with Crippen LogP contribution >= 0.6 is 0 Å². The normalized spacial score (nSPS) is 9.71. The molecular formula is C14H17NO2. The highest BCUT2D eigenvalue weighted by Gasteiger charge is 2.03. The zero-order valence-corrected chi connectivity index (χ0v) is 10.3. The summed E-state index contributed by atoms with van der Waals surface area (Å²) in [6.45, 7) is 6.95. The smallest absolute Gasteiger partial charge is 0.136 e. The quantitative estimate of drug-likeness (QED) is 0.558. The third-order valence-corrected chi connectivity index (χ3v) is 2.33. The van der Waals surface area contributed by atoms with Gasteiger partial charge in [0, 0.05) is 0 Å². The number of hydrogen-bond acceptors (Lipinski definition) is 3. The SMILES string of the molecule is C=C(C)CCOCc1ccc(OC)c(C#N)c1. The minimum absolute atomic E-state index is 0.506. The van der Waals surface area contributed by atoms with Gasteiger partial charge in [-0.05, 0) is 31.0 Å². The van der Waals surface area contributed by atoms with Crippen LogP contribution in [0.5, 0.6) is 5.75 Å². The summed E-state index contributed by atoms with van der Waals surface area (Å²) < 4.78 is 10.6. The maximum absolute atomic E-state index is 8.94. The molecule has 0 radical (unpaired) electrons. The first-order valence-electron chi connectivity index (χ1n) is 5.46. The predicted octanol–water partition coefficient (Wildman–Crippen LogP) is 3.05. The van der Waals surface area contributed by atoms with Crippen molar-refractivity contribution in [3.05, 3.63) is 41.5 Å². The second-order valence-electron chi connectivity index (χ2n) is 3.91. The zero-order chi connectivity index (χ0) is 12.7. The van der Waals surface area contributed by atoms with Crippen LogP contribution in [0.1, 0.15) is 24.5 Å². The second-order valence-corrected chi connectivity index (χ2v) is 3.91. The first-order chi connectivity index (χ1) is 8.17. The number of hydrogen-bond donors (Lipinski definition) is 0. The van der Waals surface area contributed by atoms with Gasteiger partial charge in [-0.3, -0.25) is 0 Å². The van der Waals surface area contributed by atoms with Crippen molar-refractivity contribution in [1.29, 1.82) is 5.26 Å². The van der Waals surface area contributed by atoms with Gasteiger partial charge in [-0.1, -0.05) is 11.6 Å². The molecule has 0 bridgehead atoms. The molecule has 0 heterocycles. The molecule has 0 spiro atoms. The molecular weight excluding hydrogens is 214 g/mol. The van der Waals surface area contributed by atoms with Crippen LogP contribution in [0.15, 0.2) is 30.4 Å². The summed E-state index contributed by atoms with van der Waals surface area (Å²) in [7, 11) is 1.55. The molecule has 3 nitrogen and oxygen atoms in total. The highest BCUT2D eigenvalue weighted by Crippen LogP contribution is 2.19. The Balaban J connectivity index is 2.55. The van der Waals surface area contributed by atoms with E-state index in [1.54, 1.807) is 19.2 Å². The monoisotopic (exact) mass is 231 g/mol. The molecule has 0 aliphatic rings. The van der Waals surface area contributed by atoms with Crippen molar-refractivity contribution in [1.82, 2.24) is 0 Å². The standard InChI is InChI=1S/C14H17NO2/c1-11(2)6-7-17-10-12-4-5-14(16-3)13(8-12)9-15/h4-5,8H,1,6-7,10H2,2-3H3. The summed E-state index contributed by atoms with van der Waals surface area (Å²) in [5, 5.41) is 8.94. The maximum Gasteiger partial charge on any atom is 0.136 e. The topological polar surface area (TPSA) is 42.2 Å². The molecule has 0 saturated heterocycles. The van der Waals surface area contributed by atoms with Gasteiger partial charge in [-0.25, -0.2) is 0 Å². The molecule has 0 amide bonds. The van der Waals surface area contributed by atoms with Gasteiger partial charge in [0.25, 0.3) is 0 Å². The Labute approximate surface area is 102 Å². The van der Waals surface area contributed by atoms with Crippen LogP contribution < -0.4 is 4.74 Å². The zero-order valence-electron chi connectivity index (χ0n) is 10.3. The Morgan fingerprint density at radius 1 is 1.47 bits per heavy atom. The molecule has 0 aliphatic heterocycles. The molecule has 0 saturated carbocycles. The number of benzene rings is 1. The number of ether oxygens (including phenoxy) is 2. The minimum Gasteiger partial charge on any atom is -0.495 e. The first-order valence-corrected chi connectivity index (χ1v) is 5.46. The molecule has 0 N–H and O–H groups in total. The fraction of sp³-hybridized carbons (Fsp3) is 0.357. The minimum atomic E-state index is 0.506. The summed E-state index contributed by atoms with van der Waals surface area (Å²) in [4.78, 5) is 0. The van der Waals surface area contributed by atoms with Crippen molar-refractivity contribution in [3.8, 4) is 11.8 Å². The Kier molecular flexibility index (Phi) is 5.25. The fourth-order valence-corrected chi connectivity index (χ4v) is 1.37. The van der Waals surface area contributed by atoms with Gasteiger partial charge in [-0.15, -0.1) is 6.58 Å². The van der Waals surface area contributed by atoms with Crippen LogP contribution in [0, 0.1) is 11.3 Å². The second kappa shape index (κ2) is 6.72. The fourth-order valence-electron chi connectivity index (χ4n) is 1.37. The van der Waals surface area contributed by atoms with E-state index in [1.807, 2.05) is 13.0 Å². The third-order valence-electron chi connectivity index (χ3n) is 2.33. The molecule has 3 heteroatoms. The van der Waals surface area contributed by atoms with E-state index in [-0.39, 0.29) is 0 Å². The number of rotatable bonds is 6. The maximum atomic E-state index is 8.94. The number of nitrogens with zero attached hydrogens (tertiary/aromatic N) is 1. The largest absolute Gasteiger partial charge is 0.495 e. The van der Waals surface area contributed by atoms with Crippen LogP contribution in [0.3, 0.4) is 0 Å². The van der Waals surface area contributed by atoms with Crippen LogP contribution in [-0.2, 0) is 11.3 Å². The average molecular weight is 231 g/mol. The molecule has 1 rings (SSSR count). The van der Waals surface area contributed by atoms with Gasteiger partial charge in [0.05, 0.1) is 25.9 Å². The summed E-state index contributed by atoms with van der Waals surface area (Å²) >= 11 is 0. The van der Waals surface area contributed by atoms with Crippen molar-refractivity contribution < 1.29 is 9.47 Å². The van der Waals surface area contributed by atoms with E-state index in [1.165, 1.54) is 0 Å². The molecule has 0 aromatic heterocycles. The molecule has 0 unspecified atom stereocenters. The Bertz CT molecular complexity index is 432. The van der Waals surface area contributed by atoms with Crippen LogP contribution in [0.2, 0.25) is 0 Å². The number of nitriles is 1. The van der Waals surface area contributed by atoms with Crippen molar-refractivity contribution >= 4 is 0 Å². The molecule has 0 aliphatic carbocycles. The molecule has 0 fully saturated rings. The van der Waals surface area contributed by atoms with Crippen molar-refractivity contribution in [2.24, 2.45) is 0 Å². The summed E-state index contributed by atoms with van der Waals surface area (Å²) in [6.07, 6.45) is 0.862. The molecule has 90 valence electrons. The summed E-state index contributed by atoms with van der Waals surface area (Å²) in [6, 6.07) is 7.58. The third kappa shape index (κ3) is 4.29. The van der Waals surface area contributed by atoms with Crippen LogP contribution in [0.4, 0.5) is 0 Å². The van der Waals surface area contributed by atoms with E-state index in [9.17, 15) is 0 Å². The van der Waals surface area contributed by atoms with Gasteiger partial charge < -0.3 is 9.47 Å². The average Bonchev–Trinajstić information content (AvgIpc) is 2.34. The highest BCUT2D eigenvalue weighted by atomic mass is 16.5. The highest BCUT2D eigenvalue weighted by molar-refractivity contribution is 5.45. The van der Waals surface area contributed by atoms with Gasteiger partial charge >= 0.3 is 0 Å². The molecule has 17 heavy (non-hydrogen) atoms. The Morgan fingerprint density at radius 3 is 2.82 bits per heavy atom. The van der Waals surface area contributed by atoms with Gasteiger partial charge in [0.15, 0.2) is 0 Å². The van der Waals surface area contributed by atoms with Crippen LogP contribution in [-0.4, -0.2) is 13.7 Å². The van der Waals surface area contributed by atoms with Crippen molar-refractivity contribution in [2.45, 2.75) is 20.0 Å². The van der Waals surface area contributed by atoms with E-state index < -0.39 is 0 Å². The molecule has 0 atom stereocenters. The lowest BCUT2D eigenvalue weighted by Gasteiger charge is -2.07. The first kappa shape index (κ1) is 13.3. The lowest BCUT2D eigenvalue weighted by Crippen LogP contribution is -1.97. The van der Waals surface area contributed by atoms with Crippen LogP contribution in [0.25, 0.3) is 0 Å². The van der Waals surface area contributed by atoms with E-state index in [2.05, 4.69) is 12.6 Å². The van der Waals surface area contributed by atoms with E-state index >= 15 is 0 Å². The van der Waals surface area contributed by atoms with Crippen molar-refractivity contribution in [2.75, 3.05) is 13.7 Å². The lowest BCUT2D eigenvalue weighted by atomic mass is 10.1. The predicted molar refractivity (Wildman–Crippen MR) is 66.8 cm³/mol. The summed E-state index contributed by atoms with van der Waals surface area (Å²) in [5.41, 5.74) is 2.62. The Hall–Kier alpha value is -1.79. The van der Waals surface area contributed by atoms with E-state index in [0.717, 1.165) is 17.6 Å². The van der Waals surface area contributed by atoms with Crippen molar-refractivity contribution in [3.63, 3.8) is 0 Å².